The molecule has 3 aromatic rings. The quantitative estimate of drug-likeness (QED) is 0.497. The second-order valence-corrected chi connectivity index (χ2v) is 9.07. The number of hydrogen-bond acceptors (Lipinski definition) is 7. The van der Waals surface area contributed by atoms with Crippen molar-refractivity contribution in [2.45, 2.75) is 31.6 Å². The van der Waals surface area contributed by atoms with E-state index >= 15 is 0 Å². The van der Waals surface area contributed by atoms with Crippen molar-refractivity contribution < 1.29 is 24.1 Å². The molecule has 0 bridgehead atoms. The first-order valence-corrected chi connectivity index (χ1v) is 11.8. The van der Waals surface area contributed by atoms with Crippen molar-refractivity contribution in [3.8, 4) is 17.1 Å². The molecule has 0 radical (unpaired) electrons. The zero-order chi connectivity index (χ0) is 30.1. The van der Waals surface area contributed by atoms with Gasteiger partial charge in [0.25, 0.3) is 0 Å². The molecule has 4 rings (SSSR count). The molecule has 1 aliphatic rings. The molecule has 32 heavy (non-hydrogen) atoms. The zero-order valence-corrected chi connectivity index (χ0v) is 19.3. The van der Waals surface area contributed by atoms with Gasteiger partial charge >= 0.3 is 0 Å². The van der Waals surface area contributed by atoms with Gasteiger partial charge in [-0.05, 0) is 31.5 Å². The molecule has 9 nitrogen and oxygen atoms in total. The lowest BCUT2D eigenvalue weighted by molar-refractivity contribution is 0.341. The van der Waals surface area contributed by atoms with E-state index in [9.17, 15) is 8.42 Å². The van der Waals surface area contributed by atoms with Gasteiger partial charge < -0.3 is 15.0 Å². The van der Waals surface area contributed by atoms with Gasteiger partial charge in [0, 0.05) is 44.0 Å². The van der Waals surface area contributed by atoms with E-state index in [0.717, 1.165) is 18.6 Å². The van der Waals surface area contributed by atoms with E-state index in [1.807, 2.05) is 6.92 Å². The number of H-pyrrole nitrogens is 1. The number of nitrogens with zero attached hydrogens (tertiary/aromatic N) is 4. The topological polar surface area (TPSA) is 105 Å². The predicted octanol–water partition coefficient (Wildman–Crippen LogP) is 2.64. The Balaban J connectivity index is 1.97. The number of piperazine rings is 1. The number of sulfonamides is 1. The molecular weight excluding hydrogens is 448 g/mol. The summed E-state index contributed by atoms with van der Waals surface area (Å²) in [7, 11) is -3.50. The molecule has 0 unspecified atom stereocenters. The largest absolute Gasteiger partial charge is 0.493 e. The monoisotopic (exact) mass is 484 g/mol. The van der Waals surface area contributed by atoms with Gasteiger partial charge in [-0.2, -0.15) is 9.40 Å². The van der Waals surface area contributed by atoms with Crippen molar-refractivity contribution in [2.75, 3.05) is 32.6 Å². The van der Waals surface area contributed by atoms with Crippen molar-refractivity contribution >= 4 is 33.3 Å². The second kappa shape index (κ2) is 9.26. The number of aryl methyl sites for hydroxylation is 2. The summed E-state index contributed by atoms with van der Waals surface area (Å²) in [5, 5.41) is 6.12. The van der Waals surface area contributed by atoms with E-state index in [0.29, 0.717) is 23.1 Å². The van der Waals surface area contributed by atoms with Gasteiger partial charge in [-0.15, -0.1) is 0 Å². The fraction of sp³-hybridized carbons (Fsp3) is 0.476. The summed E-state index contributed by atoms with van der Waals surface area (Å²) in [6, 6.07) is 3.40. The van der Waals surface area contributed by atoms with Crippen molar-refractivity contribution in [1.82, 2.24) is 29.4 Å². The summed E-state index contributed by atoms with van der Waals surface area (Å²) in [6.07, 6.45) is 1.41. The number of ether oxygens (including phenoxy) is 1. The molecular formula is C21H28N6O3S2. The Hall–Kier alpha value is -2.34. The maximum absolute atomic E-state index is 13.8. The van der Waals surface area contributed by atoms with Crippen LogP contribution in [-0.4, -0.2) is 65.1 Å². The molecule has 2 N–H and O–H groups in total. The highest BCUT2D eigenvalue weighted by atomic mass is 32.2. The standard InChI is InChI=1S/C21H28N6O3S2/c1-4-6-16-18-19(26(3)25-16)21(31)24-20(23-18)15-13-14(7-8-17(15)30-5-2)32(28,29)27-11-9-22-10-12-27/h7-8,13,22H,4-6,9-12H2,1-3H3,(H,23,24,31)/i9D2,10D2,11D2,12D2. The number of nitrogens with one attached hydrogen (secondary N) is 2. The molecule has 11 heteroatoms. The number of fused-ring (bicyclic) bond motifs is 1. The Morgan fingerprint density at radius 1 is 1.28 bits per heavy atom. The SMILES string of the molecule is [2H]C1([2H])NC([2H])([2H])C([2H])([2H])N(S(=O)(=O)c2ccc(OCC)c(-c3nc(=S)c4c([nH]3)c(CCC)nn4C)c2)C1([2H])[2H]. The fourth-order valence-corrected chi connectivity index (χ4v) is 4.75. The summed E-state index contributed by atoms with van der Waals surface area (Å²) < 4.78 is 99.6. The fourth-order valence-electron chi connectivity index (χ4n) is 3.37. The van der Waals surface area contributed by atoms with Gasteiger partial charge in [0.1, 0.15) is 17.1 Å². The second-order valence-electron chi connectivity index (χ2n) is 6.89. The molecule has 0 spiro atoms. The van der Waals surface area contributed by atoms with Gasteiger partial charge in [-0.1, -0.05) is 25.6 Å². The molecule has 0 saturated carbocycles. The highest BCUT2D eigenvalue weighted by Gasteiger charge is 2.27. The third-order valence-corrected chi connectivity index (χ3v) is 6.55. The summed E-state index contributed by atoms with van der Waals surface area (Å²) in [6.45, 7) is -9.78. The number of aromatic nitrogens is 4. The molecule has 1 aromatic carbocycles. The minimum absolute atomic E-state index is 0.101. The highest BCUT2D eigenvalue weighted by molar-refractivity contribution is 7.89. The van der Waals surface area contributed by atoms with Crippen molar-refractivity contribution in [1.29, 1.82) is 0 Å². The molecule has 0 atom stereocenters. The van der Waals surface area contributed by atoms with Crippen LogP contribution in [-0.2, 0) is 23.5 Å². The lowest BCUT2D eigenvalue weighted by Gasteiger charge is -2.26. The Morgan fingerprint density at radius 3 is 2.72 bits per heavy atom. The van der Waals surface area contributed by atoms with Gasteiger partial charge in [0.2, 0.25) is 10.0 Å². The first kappa shape index (κ1) is 14.7. The van der Waals surface area contributed by atoms with E-state index in [2.05, 4.69) is 15.1 Å². The minimum Gasteiger partial charge on any atom is -0.493 e. The van der Waals surface area contributed by atoms with E-state index in [-0.39, 0.29) is 28.4 Å². The number of rotatable bonds is 7. The van der Waals surface area contributed by atoms with Crippen LogP contribution in [0.4, 0.5) is 0 Å². The van der Waals surface area contributed by atoms with Crippen LogP contribution in [0.1, 0.15) is 36.9 Å². The number of benzene rings is 1. The van der Waals surface area contributed by atoms with Gasteiger partial charge in [-0.25, -0.2) is 13.4 Å². The Morgan fingerprint density at radius 2 is 2.03 bits per heavy atom. The van der Waals surface area contributed by atoms with Gasteiger partial charge in [0.05, 0.1) is 28.3 Å². The highest BCUT2D eigenvalue weighted by Crippen LogP contribution is 2.33. The van der Waals surface area contributed by atoms with E-state index in [1.165, 1.54) is 6.07 Å². The van der Waals surface area contributed by atoms with Crippen LogP contribution in [0.2, 0.25) is 0 Å². The zero-order valence-electron chi connectivity index (χ0n) is 25.7. The molecule has 172 valence electrons. The third-order valence-electron chi connectivity index (χ3n) is 4.75. The smallest absolute Gasteiger partial charge is 0.243 e. The first-order chi connectivity index (χ1) is 18.3. The predicted molar refractivity (Wildman–Crippen MR) is 126 cm³/mol. The summed E-state index contributed by atoms with van der Waals surface area (Å²) in [5.74, 6) is 0.303. The number of hydrogen-bond donors (Lipinski definition) is 2. The number of aromatic amines is 1. The molecule has 0 aliphatic carbocycles. The lowest BCUT2D eigenvalue weighted by atomic mass is 10.1. The normalized spacial score (nSPS) is 25.3. The Kier molecular flexibility index (Phi) is 4.26. The lowest BCUT2D eigenvalue weighted by Crippen LogP contribution is -2.46. The maximum atomic E-state index is 13.8. The maximum Gasteiger partial charge on any atom is 0.243 e. The van der Waals surface area contributed by atoms with Crippen molar-refractivity contribution in [2.24, 2.45) is 7.05 Å². The third kappa shape index (κ3) is 4.17. The van der Waals surface area contributed by atoms with E-state index in [4.69, 9.17) is 27.9 Å². The van der Waals surface area contributed by atoms with Crippen LogP contribution in [0.3, 0.4) is 0 Å². The average Bonchev–Trinajstić information content (AvgIpc) is 3.13. The molecule has 1 fully saturated rings. The van der Waals surface area contributed by atoms with Crippen molar-refractivity contribution in [3.05, 3.63) is 28.5 Å². The van der Waals surface area contributed by atoms with E-state index in [1.54, 1.807) is 24.0 Å². The van der Waals surface area contributed by atoms with E-state index < -0.39 is 45.2 Å². The van der Waals surface area contributed by atoms with Crippen LogP contribution in [0.15, 0.2) is 23.1 Å². The summed E-state index contributed by atoms with van der Waals surface area (Å²) in [4.78, 5) is 6.92. The average molecular weight is 485 g/mol. The Bertz CT molecular complexity index is 1610. The molecule has 1 aliphatic heterocycles. The van der Waals surface area contributed by atoms with Crippen LogP contribution >= 0.6 is 12.2 Å². The first-order valence-electron chi connectivity index (χ1n) is 13.9. The summed E-state index contributed by atoms with van der Waals surface area (Å²) in [5.41, 5.74) is 1.97. The van der Waals surface area contributed by atoms with Crippen LogP contribution in [0.5, 0.6) is 5.75 Å². The van der Waals surface area contributed by atoms with Crippen LogP contribution in [0.25, 0.3) is 22.4 Å². The molecule has 0 amide bonds. The van der Waals surface area contributed by atoms with Gasteiger partial charge in [0.15, 0.2) is 4.64 Å². The van der Waals surface area contributed by atoms with Gasteiger partial charge in [-0.3, -0.25) is 4.68 Å². The van der Waals surface area contributed by atoms with Crippen LogP contribution in [0, 0.1) is 4.64 Å². The van der Waals surface area contributed by atoms with Crippen LogP contribution < -0.4 is 10.1 Å². The molecule has 2 aromatic heterocycles. The molecule has 1 saturated heterocycles. The molecule has 3 heterocycles. The Labute approximate surface area is 204 Å². The van der Waals surface area contributed by atoms with Crippen molar-refractivity contribution in [3.63, 3.8) is 0 Å². The summed E-state index contributed by atoms with van der Waals surface area (Å²) >= 11 is 5.50. The minimum atomic E-state index is -5.22.